The molecule has 0 spiro atoms. The van der Waals surface area contributed by atoms with Crippen LogP contribution >= 0.6 is 0 Å². The number of ether oxygens (including phenoxy) is 1. The Morgan fingerprint density at radius 2 is 1.88 bits per heavy atom. The van der Waals surface area contributed by atoms with Gasteiger partial charge in [-0.05, 0) is 74.6 Å². The van der Waals surface area contributed by atoms with Crippen molar-refractivity contribution in [2.75, 3.05) is 6.61 Å². The van der Waals surface area contributed by atoms with E-state index in [4.69, 9.17) is 4.74 Å². The third-order valence-electron chi connectivity index (χ3n) is 5.96. The van der Waals surface area contributed by atoms with Crippen LogP contribution in [0.1, 0.15) is 54.6 Å². The maximum Gasteiger partial charge on any atom is 0.308 e. The summed E-state index contributed by atoms with van der Waals surface area (Å²) < 4.78 is 20.4. The standard InChI is InChI=1S/C24H26FN3O4/c1-2-32-23(31)17-6-10-19(11-7-17)28-21-13-15(14-29)3-12-20(21)26-24(28)27-22(30)16-4-8-18(25)9-5-16/h3-5,8-9,12-13,17,19,29H,2,6-7,10-11,14H2,1H3,(H,26,27,30). The largest absolute Gasteiger partial charge is 0.466 e. The second-order valence-corrected chi connectivity index (χ2v) is 8.01. The van der Waals surface area contributed by atoms with Crippen molar-refractivity contribution in [1.29, 1.82) is 0 Å². The summed E-state index contributed by atoms with van der Waals surface area (Å²) in [5, 5.41) is 9.59. The summed E-state index contributed by atoms with van der Waals surface area (Å²) in [6, 6.07) is 10.8. The second kappa shape index (κ2) is 9.48. The third-order valence-corrected chi connectivity index (χ3v) is 5.96. The van der Waals surface area contributed by atoms with Crippen LogP contribution in [-0.4, -0.2) is 33.1 Å². The highest BCUT2D eigenvalue weighted by molar-refractivity contribution is 5.94. The van der Waals surface area contributed by atoms with Crippen LogP contribution in [0.4, 0.5) is 4.39 Å². The number of aromatic amines is 1. The predicted molar refractivity (Wildman–Crippen MR) is 116 cm³/mol. The molecule has 1 aliphatic carbocycles. The van der Waals surface area contributed by atoms with E-state index in [9.17, 15) is 19.1 Å². The molecular formula is C24H26FN3O4. The number of nitrogens with one attached hydrogen (secondary N) is 1. The van der Waals surface area contributed by atoms with E-state index in [2.05, 4.69) is 9.98 Å². The first kappa shape index (κ1) is 22.0. The molecule has 0 aliphatic heterocycles. The molecule has 2 aromatic carbocycles. The van der Waals surface area contributed by atoms with E-state index in [0.717, 1.165) is 29.4 Å². The van der Waals surface area contributed by atoms with E-state index in [1.807, 2.05) is 22.8 Å². The zero-order valence-electron chi connectivity index (χ0n) is 17.9. The molecule has 0 unspecified atom stereocenters. The Morgan fingerprint density at radius 3 is 2.53 bits per heavy atom. The Morgan fingerprint density at radius 1 is 1.16 bits per heavy atom. The van der Waals surface area contributed by atoms with Crippen LogP contribution in [-0.2, 0) is 16.1 Å². The molecule has 168 valence electrons. The molecule has 32 heavy (non-hydrogen) atoms. The van der Waals surface area contributed by atoms with Crippen molar-refractivity contribution in [3.05, 3.63) is 65.0 Å². The highest BCUT2D eigenvalue weighted by Gasteiger charge is 2.29. The SMILES string of the molecule is CCOC(=O)C1CCC(n2/c(=N/C(=O)c3ccc(F)cc3)[nH]c3ccc(CO)cc32)CC1. The Bertz CT molecular complexity index is 1190. The van der Waals surface area contributed by atoms with Crippen molar-refractivity contribution in [2.24, 2.45) is 10.9 Å². The first-order chi connectivity index (χ1) is 15.5. The van der Waals surface area contributed by atoms with Gasteiger partial charge in [0.2, 0.25) is 5.62 Å². The highest BCUT2D eigenvalue weighted by Crippen LogP contribution is 2.34. The zero-order valence-corrected chi connectivity index (χ0v) is 17.9. The Hall–Kier alpha value is -3.26. The van der Waals surface area contributed by atoms with Crippen molar-refractivity contribution < 1.29 is 23.8 Å². The van der Waals surface area contributed by atoms with Gasteiger partial charge in [0.25, 0.3) is 5.91 Å². The second-order valence-electron chi connectivity index (χ2n) is 8.01. The summed E-state index contributed by atoms with van der Waals surface area (Å²) in [5.41, 5.74) is 3.06. The van der Waals surface area contributed by atoms with Crippen molar-refractivity contribution >= 4 is 22.9 Å². The smallest absolute Gasteiger partial charge is 0.308 e. The van der Waals surface area contributed by atoms with Gasteiger partial charge in [-0.1, -0.05) is 6.07 Å². The van der Waals surface area contributed by atoms with Gasteiger partial charge in [-0.2, -0.15) is 4.99 Å². The van der Waals surface area contributed by atoms with Gasteiger partial charge in [-0.25, -0.2) is 4.39 Å². The van der Waals surface area contributed by atoms with E-state index in [-0.39, 0.29) is 24.5 Å². The minimum Gasteiger partial charge on any atom is -0.466 e. The maximum atomic E-state index is 13.2. The number of fused-ring (bicyclic) bond motifs is 1. The highest BCUT2D eigenvalue weighted by atomic mass is 19.1. The molecule has 1 fully saturated rings. The molecule has 0 atom stereocenters. The third kappa shape index (κ3) is 4.50. The average Bonchev–Trinajstić information content (AvgIpc) is 3.16. The van der Waals surface area contributed by atoms with Crippen LogP contribution in [0.3, 0.4) is 0 Å². The lowest BCUT2D eigenvalue weighted by molar-refractivity contribution is -0.149. The maximum absolute atomic E-state index is 13.2. The minimum absolute atomic E-state index is 0.0307. The molecule has 1 amide bonds. The van der Waals surface area contributed by atoms with Gasteiger partial charge in [0.1, 0.15) is 5.82 Å². The van der Waals surface area contributed by atoms with Crippen molar-refractivity contribution in [1.82, 2.24) is 9.55 Å². The van der Waals surface area contributed by atoms with E-state index in [1.165, 1.54) is 24.3 Å². The number of carbonyl (C=O) groups is 2. The van der Waals surface area contributed by atoms with Crippen LogP contribution in [0.5, 0.6) is 0 Å². The number of H-pyrrole nitrogens is 1. The zero-order chi connectivity index (χ0) is 22.7. The monoisotopic (exact) mass is 439 g/mol. The molecule has 1 aromatic heterocycles. The lowest BCUT2D eigenvalue weighted by Crippen LogP contribution is -2.30. The molecule has 4 rings (SSSR count). The van der Waals surface area contributed by atoms with Crippen LogP contribution in [0.25, 0.3) is 11.0 Å². The van der Waals surface area contributed by atoms with E-state index in [1.54, 1.807) is 6.92 Å². The van der Waals surface area contributed by atoms with Gasteiger partial charge in [0, 0.05) is 11.6 Å². The summed E-state index contributed by atoms with van der Waals surface area (Å²) in [7, 11) is 0. The number of aromatic nitrogens is 2. The summed E-state index contributed by atoms with van der Waals surface area (Å²) in [6.45, 7) is 2.07. The topological polar surface area (TPSA) is 96.7 Å². The number of amides is 1. The van der Waals surface area contributed by atoms with Gasteiger partial charge in [-0.3, -0.25) is 9.59 Å². The molecule has 7 nitrogen and oxygen atoms in total. The lowest BCUT2D eigenvalue weighted by Gasteiger charge is -2.28. The first-order valence-corrected chi connectivity index (χ1v) is 10.9. The van der Waals surface area contributed by atoms with Gasteiger partial charge in [0.05, 0.1) is 30.2 Å². The summed E-state index contributed by atoms with van der Waals surface area (Å²) in [6.07, 6.45) is 2.85. The molecule has 1 aliphatic rings. The number of hydrogen-bond donors (Lipinski definition) is 2. The van der Waals surface area contributed by atoms with Crippen molar-refractivity contribution in [3.8, 4) is 0 Å². The fourth-order valence-corrected chi connectivity index (χ4v) is 4.31. The molecule has 3 aromatic rings. The molecule has 1 heterocycles. The summed E-state index contributed by atoms with van der Waals surface area (Å²) in [4.78, 5) is 32.4. The Labute approximate surface area is 184 Å². The fourth-order valence-electron chi connectivity index (χ4n) is 4.31. The normalized spacial score (nSPS) is 19.3. The quantitative estimate of drug-likeness (QED) is 0.593. The fraction of sp³-hybridized carbons (Fsp3) is 0.375. The number of imidazole rings is 1. The summed E-state index contributed by atoms with van der Waals surface area (Å²) in [5.74, 6) is -1.18. The molecule has 8 heteroatoms. The van der Waals surface area contributed by atoms with Gasteiger partial charge < -0.3 is 19.4 Å². The minimum atomic E-state index is -0.479. The molecule has 0 radical (unpaired) electrons. The Balaban J connectivity index is 1.72. The number of rotatable bonds is 5. The van der Waals surface area contributed by atoms with Crippen LogP contribution in [0, 0.1) is 11.7 Å². The molecule has 0 saturated heterocycles. The van der Waals surface area contributed by atoms with Gasteiger partial charge >= 0.3 is 5.97 Å². The first-order valence-electron chi connectivity index (χ1n) is 10.9. The average molecular weight is 439 g/mol. The predicted octanol–water partition coefficient (Wildman–Crippen LogP) is 3.64. The number of esters is 1. The number of aliphatic hydroxyl groups is 1. The molecule has 1 saturated carbocycles. The number of nitrogens with zero attached hydrogens (tertiary/aromatic N) is 2. The summed E-state index contributed by atoms with van der Waals surface area (Å²) >= 11 is 0. The number of carbonyl (C=O) groups excluding carboxylic acids is 2. The van der Waals surface area contributed by atoms with Gasteiger partial charge in [-0.15, -0.1) is 0 Å². The van der Waals surface area contributed by atoms with Crippen LogP contribution < -0.4 is 5.62 Å². The lowest BCUT2D eigenvalue weighted by atomic mass is 9.86. The van der Waals surface area contributed by atoms with Gasteiger partial charge in [0.15, 0.2) is 0 Å². The molecule has 2 N–H and O–H groups in total. The van der Waals surface area contributed by atoms with E-state index >= 15 is 0 Å². The van der Waals surface area contributed by atoms with Crippen LogP contribution in [0.2, 0.25) is 0 Å². The van der Waals surface area contributed by atoms with E-state index < -0.39 is 11.7 Å². The number of halogens is 1. The van der Waals surface area contributed by atoms with Crippen LogP contribution in [0.15, 0.2) is 47.5 Å². The Kier molecular flexibility index (Phi) is 6.50. The van der Waals surface area contributed by atoms with E-state index in [0.29, 0.717) is 30.6 Å². The molecule has 0 bridgehead atoms. The van der Waals surface area contributed by atoms with Crippen molar-refractivity contribution in [2.45, 2.75) is 45.3 Å². The number of hydrogen-bond acceptors (Lipinski definition) is 4. The number of aliphatic hydroxyl groups excluding tert-OH is 1. The van der Waals surface area contributed by atoms with Crippen molar-refractivity contribution in [3.63, 3.8) is 0 Å². The number of benzene rings is 2. The molecular weight excluding hydrogens is 413 g/mol.